The maximum absolute atomic E-state index is 12.8. The van der Waals surface area contributed by atoms with E-state index in [1.807, 2.05) is 30.3 Å². The summed E-state index contributed by atoms with van der Waals surface area (Å²) in [6.07, 6.45) is 1.18. The first-order valence-electron chi connectivity index (χ1n) is 8.78. The van der Waals surface area contributed by atoms with Crippen molar-refractivity contribution in [1.82, 2.24) is 9.71 Å². The van der Waals surface area contributed by atoms with Crippen LogP contribution in [-0.4, -0.2) is 22.8 Å². The van der Waals surface area contributed by atoms with Crippen LogP contribution in [0.25, 0.3) is 10.9 Å². The first-order chi connectivity index (χ1) is 13.3. The summed E-state index contributed by atoms with van der Waals surface area (Å²) in [6, 6.07) is 13.0. The lowest BCUT2D eigenvalue weighted by molar-refractivity contribution is -0.154. The van der Waals surface area contributed by atoms with Gasteiger partial charge in [-0.2, -0.15) is 0 Å². The number of carbonyl (C=O) groups excluding carboxylic acids is 1. The Labute approximate surface area is 162 Å². The molecule has 0 amide bonds. The molecule has 0 aliphatic heterocycles. The lowest BCUT2D eigenvalue weighted by atomic mass is 9.98. The van der Waals surface area contributed by atoms with Gasteiger partial charge in [-0.15, -0.1) is 4.73 Å². The molecule has 0 saturated carbocycles. The molecule has 0 bridgehead atoms. The number of fused-ring (bicyclic) bond motifs is 1. The van der Waals surface area contributed by atoms with Crippen LogP contribution in [0.15, 0.2) is 53.6 Å². The SMILES string of the molecule is COc1cc(OCc2ccccc2)cc2ncn(OC(=O)C(C)(C)C)c(=O)c12. The summed E-state index contributed by atoms with van der Waals surface area (Å²) in [5, 5.41) is 0.207. The van der Waals surface area contributed by atoms with Crippen LogP contribution in [0, 0.1) is 5.41 Å². The predicted octanol–water partition coefficient (Wildman–Crippen LogP) is 2.99. The first-order valence-corrected chi connectivity index (χ1v) is 8.78. The molecule has 0 aliphatic carbocycles. The van der Waals surface area contributed by atoms with Gasteiger partial charge in [0.25, 0.3) is 5.56 Å². The number of aromatic nitrogens is 2. The molecular weight excluding hydrogens is 360 g/mol. The average molecular weight is 382 g/mol. The van der Waals surface area contributed by atoms with Gasteiger partial charge in [0.15, 0.2) is 0 Å². The Morgan fingerprint density at radius 2 is 1.86 bits per heavy atom. The Bertz CT molecular complexity index is 1050. The molecule has 2 aromatic carbocycles. The second-order valence-electron chi connectivity index (χ2n) is 7.30. The molecule has 0 aliphatic rings. The molecule has 28 heavy (non-hydrogen) atoms. The van der Waals surface area contributed by atoms with Crippen LogP contribution in [0.5, 0.6) is 11.5 Å². The van der Waals surface area contributed by atoms with Crippen LogP contribution in [0.3, 0.4) is 0 Å². The van der Waals surface area contributed by atoms with E-state index < -0.39 is 16.9 Å². The third-order valence-corrected chi connectivity index (χ3v) is 4.03. The van der Waals surface area contributed by atoms with Crippen molar-refractivity contribution in [1.29, 1.82) is 0 Å². The number of hydrogen-bond acceptors (Lipinski definition) is 6. The molecule has 146 valence electrons. The van der Waals surface area contributed by atoms with Crippen molar-refractivity contribution in [3.8, 4) is 11.5 Å². The van der Waals surface area contributed by atoms with E-state index in [4.69, 9.17) is 14.3 Å². The molecule has 7 heteroatoms. The minimum atomic E-state index is -0.756. The summed E-state index contributed by atoms with van der Waals surface area (Å²) in [5.41, 5.74) is 0.108. The molecule has 3 rings (SSSR count). The highest BCUT2D eigenvalue weighted by molar-refractivity contribution is 5.86. The standard InChI is InChI=1S/C21H22N2O5/c1-21(2,3)20(25)28-23-13-22-16-10-15(11-17(26-4)18(16)19(23)24)27-12-14-8-6-5-7-9-14/h5-11,13H,12H2,1-4H3. The van der Waals surface area contributed by atoms with E-state index in [2.05, 4.69) is 4.98 Å². The van der Waals surface area contributed by atoms with Gasteiger partial charge in [0.2, 0.25) is 0 Å². The second kappa shape index (κ2) is 7.72. The Hall–Kier alpha value is -3.35. The largest absolute Gasteiger partial charge is 0.496 e. The fourth-order valence-electron chi connectivity index (χ4n) is 2.45. The number of rotatable bonds is 5. The minimum Gasteiger partial charge on any atom is -0.496 e. The fourth-order valence-corrected chi connectivity index (χ4v) is 2.45. The quantitative estimate of drug-likeness (QED) is 0.675. The van der Waals surface area contributed by atoms with E-state index >= 15 is 0 Å². The molecule has 0 spiro atoms. The van der Waals surface area contributed by atoms with Crippen LogP contribution in [-0.2, 0) is 11.4 Å². The van der Waals surface area contributed by atoms with E-state index in [1.54, 1.807) is 32.9 Å². The molecule has 0 fully saturated rings. The first kappa shape index (κ1) is 19.4. The molecule has 0 unspecified atom stereocenters. The number of nitrogens with zero attached hydrogens (tertiary/aromatic N) is 2. The van der Waals surface area contributed by atoms with Crippen LogP contribution in [0.2, 0.25) is 0 Å². The Kier molecular flexibility index (Phi) is 5.35. The number of ether oxygens (including phenoxy) is 2. The van der Waals surface area contributed by atoms with Crippen molar-refractivity contribution >= 4 is 16.9 Å². The lowest BCUT2D eigenvalue weighted by Gasteiger charge is -2.17. The summed E-state index contributed by atoms with van der Waals surface area (Å²) in [6.45, 7) is 5.47. The van der Waals surface area contributed by atoms with Gasteiger partial charge in [0, 0.05) is 12.1 Å². The van der Waals surface area contributed by atoms with Gasteiger partial charge in [0.1, 0.15) is 29.8 Å². The van der Waals surface area contributed by atoms with Crippen LogP contribution in [0.4, 0.5) is 0 Å². The molecule has 0 saturated heterocycles. The highest BCUT2D eigenvalue weighted by Gasteiger charge is 2.25. The van der Waals surface area contributed by atoms with Crippen molar-refractivity contribution in [3.05, 3.63) is 64.7 Å². The van der Waals surface area contributed by atoms with Gasteiger partial charge in [-0.25, -0.2) is 9.78 Å². The third-order valence-electron chi connectivity index (χ3n) is 4.03. The molecule has 0 radical (unpaired) electrons. The molecule has 3 aromatic rings. The molecule has 1 aromatic heterocycles. The maximum Gasteiger partial charge on any atom is 0.338 e. The number of benzene rings is 2. The van der Waals surface area contributed by atoms with E-state index in [0.717, 1.165) is 10.3 Å². The summed E-state index contributed by atoms with van der Waals surface area (Å²) >= 11 is 0. The molecule has 0 atom stereocenters. The summed E-state index contributed by atoms with van der Waals surface area (Å²) in [5.74, 6) is 0.265. The number of hydrogen-bond donors (Lipinski definition) is 0. The van der Waals surface area contributed by atoms with Gasteiger partial charge in [0.05, 0.1) is 18.0 Å². The second-order valence-corrected chi connectivity index (χ2v) is 7.30. The smallest absolute Gasteiger partial charge is 0.338 e. The van der Waals surface area contributed by atoms with Gasteiger partial charge in [-0.3, -0.25) is 4.79 Å². The van der Waals surface area contributed by atoms with Gasteiger partial charge >= 0.3 is 5.97 Å². The Balaban J connectivity index is 1.94. The number of carbonyl (C=O) groups is 1. The summed E-state index contributed by atoms with van der Waals surface area (Å²) < 4.78 is 12.0. The third kappa shape index (κ3) is 4.14. The van der Waals surface area contributed by atoms with Crippen molar-refractivity contribution in [2.45, 2.75) is 27.4 Å². The molecule has 7 nitrogen and oxygen atoms in total. The summed E-state index contributed by atoms with van der Waals surface area (Å²) in [4.78, 5) is 34.3. The van der Waals surface area contributed by atoms with Crippen molar-refractivity contribution in [2.24, 2.45) is 5.41 Å². The zero-order valence-corrected chi connectivity index (χ0v) is 16.3. The van der Waals surface area contributed by atoms with Gasteiger partial charge in [-0.1, -0.05) is 30.3 Å². The van der Waals surface area contributed by atoms with Crippen molar-refractivity contribution < 1.29 is 19.1 Å². The van der Waals surface area contributed by atoms with Gasteiger partial charge < -0.3 is 14.3 Å². The predicted molar refractivity (Wildman–Crippen MR) is 104 cm³/mol. The monoisotopic (exact) mass is 382 g/mol. The van der Waals surface area contributed by atoms with Crippen LogP contribution < -0.4 is 19.9 Å². The molecule has 1 heterocycles. The van der Waals surface area contributed by atoms with Crippen LogP contribution >= 0.6 is 0 Å². The van der Waals surface area contributed by atoms with E-state index in [-0.39, 0.29) is 5.39 Å². The highest BCUT2D eigenvalue weighted by Crippen LogP contribution is 2.28. The Morgan fingerprint density at radius 1 is 1.14 bits per heavy atom. The average Bonchev–Trinajstić information content (AvgIpc) is 2.67. The summed E-state index contributed by atoms with van der Waals surface area (Å²) in [7, 11) is 1.45. The maximum atomic E-state index is 12.8. The zero-order valence-electron chi connectivity index (χ0n) is 16.3. The van der Waals surface area contributed by atoms with E-state index in [1.165, 1.54) is 13.4 Å². The van der Waals surface area contributed by atoms with Crippen LogP contribution in [0.1, 0.15) is 26.3 Å². The highest BCUT2D eigenvalue weighted by atomic mass is 16.7. The topological polar surface area (TPSA) is 79.7 Å². The zero-order chi connectivity index (χ0) is 20.3. The lowest BCUT2D eigenvalue weighted by Crippen LogP contribution is -2.37. The van der Waals surface area contributed by atoms with E-state index in [0.29, 0.717) is 23.6 Å². The Morgan fingerprint density at radius 3 is 2.50 bits per heavy atom. The van der Waals surface area contributed by atoms with E-state index in [9.17, 15) is 9.59 Å². The minimum absolute atomic E-state index is 0.207. The number of methoxy groups -OCH3 is 1. The molecular formula is C21H22N2O5. The van der Waals surface area contributed by atoms with Gasteiger partial charge in [-0.05, 0) is 26.3 Å². The fraction of sp³-hybridized carbons (Fsp3) is 0.286. The van der Waals surface area contributed by atoms with Crippen molar-refractivity contribution in [2.75, 3.05) is 7.11 Å². The van der Waals surface area contributed by atoms with Crippen molar-refractivity contribution in [3.63, 3.8) is 0 Å². The molecule has 0 N–H and O–H groups in total. The normalized spacial score (nSPS) is 11.3.